The average molecular weight is 394 g/mol. The molecule has 0 spiro atoms. The summed E-state index contributed by atoms with van der Waals surface area (Å²) in [5, 5.41) is 10.1. The zero-order chi connectivity index (χ0) is 16.6. The first-order valence-electron chi connectivity index (χ1n) is 7.46. The molecule has 2 aliphatic rings. The van der Waals surface area contributed by atoms with Gasteiger partial charge in [-0.3, -0.25) is 15.0 Å². The second kappa shape index (κ2) is 6.49. The number of halogens is 1. The van der Waals surface area contributed by atoms with Crippen molar-refractivity contribution in [3.05, 3.63) is 33.1 Å². The van der Waals surface area contributed by atoms with Crippen molar-refractivity contribution < 1.29 is 9.59 Å². The maximum Gasteiger partial charge on any atom is 0.264 e. The third kappa shape index (κ3) is 2.95. The second-order valence-electron chi connectivity index (χ2n) is 5.41. The minimum absolute atomic E-state index is 0.0614. The number of hydrogen-bond acceptors (Lipinski definition) is 4. The van der Waals surface area contributed by atoms with E-state index in [1.165, 1.54) is 0 Å². The molecule has 120 valence electrons. The number of hydrogen-bond donors (Lipinski definition) is 2. The lowest BCUT2D eigenvalue weighted by Gasteiger charge is -2.16. The lowest BCUT2D eigenvalue weighted by atomic mass is 10.1. The Labute approximate surface area is 147 Å². The molecule has 1 saturated heterocycles. The van der Waals surface area contributed by atoms with Crippen molar-refractivity contribution in [1.29, 1.82) is 5.41 Å². The summed E-state index contributed by atoms with van der Waals surface area (Å²) in [7, 11) is 0. The van der Waals surface area contributed by atoms with Crippen LogP contribution in [0.15, 0.2) is 27.6 Å². The predicted octanol–water partition coefficient (Wildman–Crippen LogP) is 3.49. The van der Waals surface area contributed by atoms with E-state index < -0.39 is 0 Å². The van der Waals surface area contributed by atoms with E-state index in [2.05, 4.69) is 28.2 Å². The molecular formula is C16H16BrN3O2S. The Morgan fingerprint density at radius 2 is 2.09 bits per heavy atom. The third-order valence-corrected chi connectivity index (χ3v) is 5.22. The summed E-state index contributed by atoms with van der Waals surface area (Å²) in [4.78, 5) is 27.0. The fourth-order valence-electron chi connectivity index (χ4n) is 2.76. The zero-order valence-electron chi connectivity index (χ0n) is 12.6. The number of fused-ring (bicyclic) bond motifs is 1. The maximum absolute atomic E-state index is 12.9. The van der Waals surface area contributed by atoms with Gasteiger partial charge in [0.1, 0.15) is 0 Å². The zero-order valence-corrected chi connectivity index (χ0v) is 15.0. The highest BCUT2D eigenvalue weighted by Crippen LogP contribution is 2.43. The van der Waals surface area contributed by atoms with Crippen LogP contribution in [-0.4, -0.2) is 23.5 Å². The lowest BCUT2D eigenvalue weighted by molar-refractivity contribution is -0.116. The van der Waals surface area contributed by atoms with E-state index in [0.29, 0.717) is 17.0 Å². The van der Waals surface area contributed by atoms with Crippen LogP contribution in [0.2, 0.25) is 0 Å². The van der Waals surface area contributed by atoms with E-state index in [1.807, 2.05) is 18.2 Å². The molecule has 1 aromatic carbocycles. The van der Waals surface area contributed by atoms with Crippen LogP contribution in [-0.2, 0) is 9.59 Å². The first kappa shape index (κ1) is 16.3. The summed E-state index contributed by atoms with van der Waals surface area (Å²) in [5.74, 6) is -0.522. The van der Waals surface area contributed by atoms with Gasteiger partial charge in [-0.05, 0) is 36.4 Å². The van der Waals surface area contributed by atoms with E-state index in [4.69, 9.17) is 5.41 Å². The number of unbranched alkanes of at least 4 members (excludes halogenated alkanes) is 2. The Bertz CT molecular complexity index is 745. The molecule has 0 atom stereocenters. The molecule has 1 fully saturated rings. The number of carbonyl (C=O) groups excluding carboxylic acids is 2. The van der Waals surface area contributed by atoms with Gasteiger partial charge < -0.3 is 10.2 Å². The summed E-state index contributed by atoms with van der Waals surface area (Å²) in [6, 6.07) is 5.67. The van der Waals surface area contributed by atoms with Gasteiger partial charge in [-0.2, -0.15) is 0 Å². The Morgan fingerprint density at radius 3 is 2.74 bits per heavy atom. The van der Waals surface area contributed by atoms with Crippen molar-refractivity contribution >= 4 is 55.9 Å². The van der Waals surface area contributed by atoms with Gasteiger partial charge >= 0.3 is 0 Å². The van der Waals surface area contributed by atoms with Crippen LogP contribution in [0.1, 0.15) is 31.7 Å². The Balaban J connectivity index is 2.07. The van der Waals surface area contributed by atoms with Gasteiger partial charge in [0.15, 0.2) is 5.17 Å². The van der Waals surface area contributed by atoms with Gasteiger partial charge in [0.25, 0.3) is 11.8 Å². The number of nitrogens with zero attached hydrogens (tertiary/aromatic N) is 1. The smallest absolute Gasteiger partial charge is 0.264 e. The molecule has 3 rings (SSSR count). The van der Waals surface area contributed by atoms with E-state index in [1.54, 1.807) is 4.90 Å². The second-order valence-corrected chi connectivity index (χ2v) is 7.35. The van der Waals surface area contributed by atoms with Crippen LogP contribution < -0.4 is 10.2 Å². The predicted molar refractivity (Wildman–Crippen MR) is 96.4 cm³/mol. The highest BCUT2D eigenvalue weighted by molar-refractivity contribution is 9.10. The van der Waals surface area contributed by atoms with Gasteiger partial charge in [-0.25, -0.2) is 0 Å². The topological polar surface area (TPSA) is 73.3 Å². The van der Waals surface area contributed by atoms with Crippen LogP contribution >= 0.6 is 27.7 Å². The number of anilines is 1. The van der Waals surface area contributed by atoms with Crippen molar-refractivity contribution in [3.8, 4) is 0 Å². The van der Waals surface area contributed by atoms with Crippen LogP contribution in [0.25, 0.3) is 5.57 Å². The molecule has 2 heterocycles. The molecule has 2 N–H and O–H groups in total. The molecule has 0 saturated carbocycles. The highest BCUT2D eigenvalue weighted by Gasteiger charge is 2.38. The van der Waals surface area contributed by atoms with Crippen LogP contribution in [0.4, 0.5) is 5.69 Å². The lowest BCUT2D eigenvalue weighted by Crippen LogP contribution is -2.28. The quantitative estimate of drug-likeness (QED) is 0.607. The normalized spacial score (nSPS) is 20.3. The first-order chi connectivity index (χ1) is 11.0. The molecule has 0 aromatic heterocycles. The van der Waals surface area contributed by atoms with Crippen LogP contribution in [0.3, 0.4) is 0 Å². The van der Waals surface area contributed by atoms with Crippen LogP contribution in [0.5, 0.6) is 0 Å². The van der Waals surface area contributed by atoms with Gasteiger partial charge in [0.2, 0.25) is 0 Å². The minimum Gasteiger partial charge on any atom is -0.308 e. The number of amidine groups is 1. The van der Waals surface area contributed by atoms with Gasteiger partial charge in [-0.1, -0.05) is 35.7 Å². The fourth-order valence-corrected chi connectivity index (χ4v) is 3.92. The summed E-state index contributed by atoms with van der Waals surface area (Å²) < 4.78 is 0.857. The average Bonchev–Trinajstić information content (AvgIpc) is 2.96. The number of amides is 2. The number of carbonyl (C=O) groups is 2. The molecule has 7 heteroatoms. The van der Waals surface area contributed by atoms with E-state index >= 15 is 0 Å². The van der Waals surface area contributed by atoms with Gasteiger partial charge in [0, 0.05) is 16.6 Å². The molecule has 23 heavy (non-hydrogen) atoms. The van der Waals surface area contributed by atoms with Gasteiger partial charge in [0.05, 0.1) is 16.2 Å². The molecule has 5 nitrogen and oxygen atoms in total. The molecule has 0 unspecified atom stereocenters. The maximum atomic E-state index is 12.9. The number of nitrogens with one attached hydrogen (secondary N) is 2. The van der Waals surface area contributed by atoms with Crippen molar-refractivity contribution in [2.24, 2.45) is 0 Å². The molecule has 2 aliphatic heterocycles. The largest absolute Gasteiger partial charge is 0.308 e. The molecule has 0 radical (unpaired) electrons. The van der Waals surface area contributed by atoms with E-state index in [-0.39, 0.29) is 17.0 Å². The standard InChI is InChI=1S/C16H16BrN3O2S/c1-2-3-4-7-20-11-6-5-9(17)8-10(11)12(15(20)22)13-14(21)19-16(18)23-13/h5-6,8H,2-4,7H2,1H3,(H2,18,19,21)/b13-12-. The summed E-state index contributed by atoms with van der Waals surface area (Å²) >= 11 is 4.44. The number of rotatable bonds is 4. The van der Waals surface area contributed by atoms with Crippen LogP contribution in [0, 0.1) is 5.41 Å². The molecular weight excluding hydrogens is 378 g/mol. The van der Waals surface area contributed by atoms with Crippen molar-refractivity contribution in [2.75, 3.05) is 11.4 Å². The fraction of sp³-hybridized carbons (Fsp3) is 0.312. The Kier molecular flexibility index (Phi) is 4.59. The summed E-state index contributed by atoms with van der Waals surface area (Å²) in [5.41, 5.74) is 2.00. The van der Waals surface area contributed by atoms with E-state index in [0.717, 1.165) is 46.7 Å². The number of benzene rings is 1. The molecule has 0 aliphatic carbocycles. The molecule has 2 amide bonds. The monoisotopic (exact) mass is 393 g/mol. The summed E-state index contributed by atoms with van der Waals surface area (Å²) in [6.45, 7) is 2.76. The van der Waals surface area contributed by atoms with Crippen molar-refractivity contribution in [1.82, 2.24) is 5.32 Å². The summed E-state index contributed by atoms with van der Waals surface area (Å²) in [6.07, 6.45) is 3.07. The molecule has 1 aromatic rings. The van der Waals surface area contributed by atoms with Crippen molar-refractivity contribution in [3.63, 3.8) is 0 Å². The number of thioether (sulfide) groups is 1. The first-order valence-corrected chi connectivity index (χ1v) is 9.07. The highest BCUT2D eigenvalue weighted by atomic mass is 79.9. The molecule has 0 bridgehead atoms. The third-order valence-electron chi connectivity index (χ3n) is 3.83. The van der Waals surface area contributed by atoms with Crippen molar-refractivity contribution in [2.45, 2.75) is 26.2 Å². The van der Waals surface area contributed by atoms with Gasteiger partial charge in [-0.15, -0.1) is 0 Å². The SMILES string of the molecule is CCCCCN1C(=O)/C(=C2\SC(=N)NC2=O)c2cc(Br)ccc21. The van der Waals surface area contributed by atoms with E-state index in [9.17, 15) is 9.59 Å². The minimum atomic E-state index is -0.371. The Hall–Kier alpha value is -1.60. The Morgan fingerprint density at radius 1 is 1.30 bits per heavy atom.